The average molecular weight is 263 g/mol. The maximum Gasteiger partial charge on any atom is 0.264 e. The number of hydrogen-bond donors (Lipinski definition) is 1. The largest absolute Gasteiger partial charge is 0.483 e. The highest BCUT2D eigenvalue weighted by molar-refractivity contribution is 7.09. The molecule has 0 saturated heterocycles. The van der Waals surface area contributed by atoms with Gasteiger partial charge in [0.05, 0.1) is 0 Å². The summed E-state index contributed by atoms with van der Waals surface area (Å²) in [5, 5.41) is 3.09. The second-order valence-corrected chi connectivity index (χ2v) is 4.32. The predicted molar refractivity (Wildman–Crippen MR) is 69.9 cm³/mol. The Morgan fingerprint density at radius 3 is 3.00 bits per heavy atom. The van der Waals surface area contributed by atoms with Crippen LogP contribution in [0.25, 0.3) is 0 Å². The Bertz CT molecular complexity index is 514. The number of para-hydroxylation sites is 1. The smallest absolute Gasteiger partial charge is 0.264 e. The number of hydrogen-bond acceptors (Lipinski definition) is 5. The van der Waals surface area contributed by atoms with E-state index in [0.717, 1.165) is 29.3 Å². The third-order valence-electron chi connectivity index (χ3n) is 2.32. The highest BCUT2D eigenvalue weighted by Crippen LogP contribution is 2.18. The molecule has 2 rings (SSSR count). The van der Waals surface area contributed by atoms with Gasteiger partial charge in [-0.1, -0.05) is 25.1 Å². The van der Waals surface area contributed by atoms with E-state index in [-0.39, 0.29) is 12.5 Å². The first-order chi connectivity index (χ1) is 8.79. The number of amides is 1. The normalized spacial score (nSPS) is 10.1. The summed E-state index contributed by atoms with van der Waals surface area (Å²) in [6, 6.07) is 7.68. The van der Waals surface area contributed by atoms with E-state index in [0.29, 0.717) is 5.13 Å². The molecule has 0 fully saturated rings. The van der Waals surface area contributed by atoms with Crippen molar-refractivity contribution in [2.24, 2.45) is 0 Å². The second-order valence-electron chi connectivity index (χ2n) is 3.54. The van der Waals surface area contributed by atoms with Gasteiger partial charge in [0.15, 0.2) is 6.61 Å². The molecule has 0 bridgehead atoms. The van der Waals surface area contributed by atoms with Gasteiger partial charge in [0.1, 0.15) is 12.1 Å². The Hall–Kier alpha value is -1.95. The van der Waals surface area contributed by atoms with Crippen LogP contribution in [0.15, 0.2) is 30.6 Å². The van der Waals surface area contributed by atoms with Gasteiger partial charge in [-0.3, -0.25) is 10.1 Å². The van der Waals surface area contributed by atoms with Crippen LogP contribution in [0, 0.1) is 0 Å². The van der Waals surface area contributed by atoms with Gasteiger partial charge < -0.3 is 4.74 Å². The van der Waals surface area contributed by atoms with Crippen molar-refractivity contribution in [1.82, 2.24) is 9.36 Å². The highest BCUT2D eigenvalue weighted by atomic mass is 32.1. The number of nitrogens with one attached hydrogen (secondary N) is 1. The van der Waals surface area contributed by atoms with Crippen molar-refractivity contribution in [3.8, 4) is 5.75 Å². The van der Waals surface area contributed by atoms with Crippen LogP contribution in [0.5, 0.6) is 5.75 Å². The fraction of sp³-hybridized carbons (Fsp3) is 0.250. The van der Waals surface area contributed by atoms with E-state index >= 15 is 0 Å². The van der Waals surface area contributed by atoms with Gasteiger partial charge in [0, 0.05) is 11.5 Å². The number of nitrogens with zero attached hydrogens (tertiary/aromatic N) is 2. The first kappa shape index (κ1) is 12.5. The first-order valence-electron chi connectivity index (χ1n) is 5.57. The van der Waals surface area contributed by atoms with Gasteiger partial charge >= 0.3 is 0 Å². The van der Waals surface area contributed by atoms with Crippen molar-refractivity contribution in [2.75, 3.05) is 11.9 Å². The average Bonchev–Trinajstić information content (AvgIpc) is 2.89. The van der Waals surface area contributed by atoms with E-state index in [2.05, 4.69) is 14.7 Å². The second kappa shape index (κ2) is 6.11. The summed E-state index contributed by atoms with van der Waals surface area (Å²) in [5.74, 6) is 0.505. The highest BCUT2D eigenvalue weighted by Gasteiger charge is 2.07. The molecular weight excluding hydrogens is 250 g/mol. The lowest BCUT2D eigenvalue weighted by Crippen LogP contribution is -2.20. The van der Waals surface area contributed by atoms with Gasteiger partial charge in [-0.05, 0) is 18.1 Å². The molecule has 1 N–H and O–H groups in total. The van der Waals surface area contributed by atoms with E-state index in [1.165, 1.54) is 6.33 Å². The maximum absolute atomic E-state index is 11.6. The van der Waals surface area contributed by atoms with Gasteiger partial charge in [-0.25, -0.2) is 4.98 Å². The van der Waals surface area contributed by atoms with Crippen molar-refractivity contribution in [3.63, 3.8) is 0 Å². The molecule has 0 spiro atoms. The van der Waals surface area contributed by atoms with E-state index in [4.69, 9.17) is 4.74 Å². The number of ether oxygens (including phenoxy) is 1. The molecular formula is C12H13N3O2S. The molecule has 18 heavy (non-hydrogen) atoms. The molecule has 1 aromatic heterocycles. The van der Waals surface area contributed by atoms with E-state index in [1.807, 2.05) is 31.2 Å². The minimum Gasteiger partial charge on any atom is -0.483 e. The molecule has 94 valence electrons. The van der Waals surface area contributed by atoms with Crippen LogP contribution in [-0.2, 0) is 11.2 Å². The molecule has 0 unspecified atom stereocenters. The summed E-state index contributed by atoms with van der Waals surface area (Å²) in [7, 11) is 0. The lowest BCUT2D eigenvalue weighted by Gasteiger charge is -2.09. The van der Waals surface area contributed by atoms with Crippen molar-refractivity contribution in [3.05, 3.63) is 36.2 Å². The van der Waals surface area contributed by atoms with E-state index < -0.39 is 0 Å². The SMILES string of the molecule is CCc1ccccc1OCC(=O)Nc1ncns1. The molecule has 6 heteroatoms. The molecule has 0 atom stereocenters. The molecule has 5 nitrogen and oxygen atoms in total. The zero-order chi connectivity index (χ0) is 12.8. The maximum atomic E-state index is 11.6. The van der Waals surface area contributed by atoms with Crippen LogP contribution in [0.1, 0.15) is 12.5 Å². The fourth-order valence-electron chi connectivity index (χ4n) is 1.46. The predicted octanol–water partition coefficient (Wildman–Crippen LogP) is 2.12. The number of benzene rings is 1. The monoisotopic (exact) mass is 263 g/mol. The van der Waals surface area contributed by atoms with Crippen LogP contribution < -0.4 is 10.1 Å². The Morgan fingerprint density at radius 2 is 2.28 bits per heavy atom. The molecule has 2 aromatic rings. The summed E-state index contributed by atoms with van der Waals surface area (Å²) in [4.78, 5) is 15.5. The zero-order valence-corrected chi connectivity index (χ0v) is 10.7. The number of aryl methyl sites for hydroxylation is 1. The Morgan fingerprint density at radius 1 is 1.44 bits per heavy atom. The third kappa shape index (κ3) is 3.27. The fourth-order valence-corrected chi connectivity index (χ4v) is 1.91. The molecule has 0 saturated carbocycles. The van der Waals surface area contributed by atoms with Crippen molar-refractivity contribution >= 4 is 22.6 Å². The summed E-state index contributed by atoms with van der Waals surface area (Å²) >= 11 is 1.13. The lowest BCUT2D eigenvalue weighted by molar-refractivity contribution is -0.118. The van der Waals surface area contributed by atoms with Crippen LogP contribution in [0.3, 0.4) is 0 Å². The molecule has 1 amide bonds. The van der Waals surface area contributed by atoms with Gasteiger partial charge in [0.2, 0.25) is 5.13 Å². The Balaban J connectivity index is 1.89. The zero-order valence-electron chi connectivity index (χ0n) is 9.92. The van der Waals surface area contributed by atoms with E-state index in [1.54, 1.807) is 0 Å². The van der Waals surface area contributed by atoms with Crippen molar-refractivity contribution in [2.45, 2.75) is 13.3 Å². The van der Waals surface area contributed by atoms with Crippen LogP contribution in [0.4, 0.5) is 5.13 Å². The number of carbonyl (C=O) groups is 1. The van der Waals surface area contributed by atoms with Crippen LogP contribution in [0.2, 0.25) is 0 Å². The van der Waals surface area contributed by atoms with Gasteiger partial charge in [0.25, 0.3) is 5.91 Å². The molecule has 0 aliphatic carbocycles. The van der Waals surface area contributed by atoms with Crippen molar-refractivity contribution in [1.29, 1.82) is 0 Å². The van der Waals surface area contributed by atoms with Crippen LogP contribution in [-0.4, -0.2) is 21.9 Å². The van der Waals surface area contributed by atoms with Gasteiger partial charge in [-0.15, -0.1) is 0 Å². The standard InChI is InChI=1S/C12H13N3O2S/c1-2-9-5-3-4-6-10(9)17-7-11(16)15-12-13-8-14-18-12/h3-6,8H,2,7H2,1H3,(H,13,14,15,16). The summed E-state index contributed by atoms with van der Waals surface area (Å²) < 4.78 is 9.28. The lowest BCUT2D eigenvalue weighted by atomic mass is 10.1. The Kier molecular flexibility index (Phi) is 4.25. The minimum atomic E-state index is -0.238. The topological polar surface area (TPSA) is 64.1 Å². The summed E-state index contributed by atoms with van der Waals surface area (Å²) in [5.41, 5.74) is 1.08. The number of anilines is 1. The quantitative estimate of drug-likeness (QED) is 0.897. The summed E-state index contributed by atoms with van der Waals surface area (Å²) in [6.07, 6.45) is 2.27. The molecule has 1 heterocycles. The number of aromatic nitrogens is 2. The molecule has 0 radical (unpaired) electrons. The molecule has 0 aliphatic rings. The van der Waals surface area contributed by atoms with E-state index in [9.17, 15) is 4.79 Å². The van der Waals surface area contributed by atoms with Gasteiger partial charge in [-0.2, -0.15) is 4.37 Å². The molecule has 0 aliphatic heterocycles. The first-order valence-corrected chi connectivity index (χ1v) is 6.34. The minimum absolute atomic E-state index is 0.0312. The Labute approximate surface area is 109 Å². The summed E-state index contributed by atoms with van der Waals surface area (Å²) in [6.45, 7) is 2.01. The van der Waals surface area contributed by atoms with Crippen LogP contribution >= 0.6 is 11.5 Å². The number of carbonyl (C=O) groups excluding carboxylic acids is 1. The molecule has 1 aromatic carbocycles. The third-order valence-corrected chi connectivity index (χ3v) is 2.90. The number of rotatable bonds is 5. The van der Waals surface area contributed by atoms with Crippen molar-refractivity contribution < 1.29 is 9.53 Å².